The topological polar surface area (TPSA) is 68.1 Å². The van der Waals surface area contributed by atoms with Crippen molar-refractivity contribution >= 4 is 87.8 Å². The maximum atomic E-state index is 6.79. The van der Waals surface area contributed by atoms with Crippen LogP contribution < -0.4 is 18.3 Å². The average Bonchev–Trinajstić information content (AvgIpc) is 1.56. The first-order valence-electron chi connectivity index (χ1n) is 49.0. The second-order valence-corrected chi connectivity index (χ2v) is 41.8. The third-order valence-corrected chi connectivity index (χ3v) is 31.0. The van der Waals surface area contributed by atoms with Crippen LogP contribution in [0.25, 0.3) is 177 Å². The summed E-state index contributed by atoms with van der Waals surface area (Å²) in [6, 6.07) is 97.8. The molecular weight excluding hydrogens is 1630 g/mol. The Morgan fingerprint density at radius 1 is 0.261 bits per heavy atom. The fourth-order valence-electron chi connectivity index (χ4n) is 26.0. The number of aryl methyl sites for hydroxylation is 8. The van der Waals surface area contributed by atoms with Crippen LogP contribution in [0.3, 0.4) is 0 Å². The summed E-state index contributed by atoms with van der Waals surface area (Å²) >= 11 is 0. The van der Waals surface area contributed by atoms with E-state index >= 15 is 0 Å². The number of hydrogen-bond donors (Lipinski definition) is 0. The van der Waals surface area contributed by atoms with Crippen LogP contribution in [0.5, 0.6) is 0 Å². The van der Waals surface area contributed by atoms with Gasteiger partial charge in [0.15, 0.2) is 24.8 Å². The zero-order chi connectivity index (χ0) is 92.4. The lowest BCUT2D eigenvalue weighted by Crippen LogP contribution is -2.30. The van der Waals surface area contributed by atoms with Crippen molar-refractivity contribution in [3.63, 3.8) is 0 Å². The molecule has 0 aliphatic heterocycles. The molecule has 1 saturated carbocycles. The van der Waals surface area contributed by atoms with Gasteiger partial charge < -0.3 is 17.7 Å². The lowest BCUT2D eigenvalue weighted by molar-refractivity contribution is -0.660. The van der Waals surface area contributed by atoms with E-state index in [1.165, 1.54) is 219 Å². The molecule has 0 bridgehead atoms. The van der Waals surface area contributed by atoms with Gasteiger partial charge in [-0.25, -0.2) is 18.3 Å². The van der Waals surface area contributed by atoms with Crippen molar-refractivity contribution in [2.45, 2.75) is 170 Å². The molecule has 12 aromatic carbocycles. The fraction of sp³-hybridized carbons (Fsp3) is 0.270. The summed E-state index contributed by atoms with van der Waals surface area (Å²) in [5.41, 5.74) is 45.2. The van der Waals surface area contributed by atoms with Crippen LogP contribution in [0, 0.1) is 51.4 Å². The standard InChI is InChI=1S/2C34H36NO.C30H26NO.C28H24NO/c1-21(2)19-34(20-22(3)4)27-12-8-7-11-24(27)25-16-17-29-31(32(25)34)26-15-14-23(5)30(33(26)36-29)28-13-9-10-18-35(28)6;1-21(2)19-34(20-22(3)4)26-12-8-7-11-24(26)31-27(34)16-17-29-32(31)25-15-14-23(5)30(33(25)36-29)28-13-9-10-18-35(28)6;1-19-12-13-22-27-25(32-29(22)26(19)24-11-5-8-18-31(24)2)15-14-21-20-9-3-4-10-23(20)30(28(21)27)16-6-7-17-30;1-17-12-13-19-26-23(30-27(19)24(17)22-11-7-8-16-29(22)4)15-14-21-25(26)18-9-5-6-10-20(18)28(21,2)3/h2*7-18,21-22H,19-20H2,1-6H3;3-5,8-15,18H,6-7,16-17H2,1-2H3;5-16H,1-4H3/q4*+1. The molecule has 25 rings (SSSR count). The van der Waals surface area contributed by atoms with Gasteiger partial charge in [0.05, 0.1) is 22.3 Å². The summed E-state index contributed by atoms with van der Waals surface area (Å²) in [5, 5.41) is 10.0. The summed E-state index contributed by atoms with van der Waals surface area (Å²) in [4.78, 5) is 0. The van der Waals surface area contributed by atoms with E-state index in [0.717, 1.165) is 76.0 Å². The molecule has 5 aliphatic rings. The smallest absolute Gasteiger partial charge is 0.216 e. The summed E-state index contributed by atoms with van der Waals surface area (Å²) < 4.78 is 35.5. The van der Waals surface area contributed by atoms with Gasteiger partial charge in [-0.05, 0) is 250 Å². The van der Waals surface area contributed by atoms with Gasteiger partial charge in [0.2, 0.25) is 22.8 Å². The van der Waals surface area contributed by atoms with E-state index in [-0.39, 0.29) is 21.7 Å². The third kappa shape index (κ3) is 13.2. The highest BCUT2D eigenvalue weighted by atomic mass is 16.3. The number of rotatable bonds is 12. The van der Waals surface area contributed by atoms with E-state index < -0.39 is 0 Å². The lowest BCUT2D eigenvalue weighted by atomic mass is 9.67. The van der Waals surface area contributed by atoms with Crippen molar-refractivity contribution in [2.24, 2.45) is 51.9 Å². The van der Waals surface area contributed by atoms with Crippen molar-refractivity contribution in [1.82, 2.24) is 0 Å². The van der Waals surface area contributed by atoms with Crippen LogP contribution in [-0.2, 0) is 49.9 Å². The van der Waals surface area contributed by atoms with Crippen molar-refractivity contribution in [2.75, 3.05) is 0 Å². The van der Waals surface area contributed by atoms with Gasteiger partial charge in [0.1, 0.15) is 72.9 Å². The first kappa shape index (κ1) is 85.9. The number of aromatic nitrogens is 4. The SMILES string of the molecule is Cc1ccc2c(oc3ccc4c(c32)-c2ccccc2C4(C)C)c1-c1cccc[n+]1C.Cc1ccc2c(oc3ccc4c(c32)-c2ccccc2C4(CC(C)C)CC(C)C)c1-c1cccc[n+]1C.Cc1ccc2c(oc3ccc4c(c32)C(CC(C)C)(CC(C)C)c2ccccc2-4)c1-c1cccc[n+]1C.Cc1ccc2c(oc3ccc4c(c32)C2(CCCC2)c2ccccc2-4)c1-c1cccc[n+]1C. The second kappa shape index (κ2) is 32.7. The normalized spacial score (nSPS) is 14.7. The Balaban J connectivity index is 0.000000104. The first-order chi connectivity index (χ1) is 64.8. The number of pyridine rings is 4. The first-order valence-corrected chi connectivity index (χ1v) is 49.0. The van der Waals surface area contributed by atoms with Crippen molar-refractivity contribution in [3.8, 4) is 89.5 Å². The zero-order valence-electron chi connectivity index (χ0n) is 81.1. The number of furan rings is 4. The molecule has 8 aromatic heterocycles. The summed E-state index contributed by atoms with van der Waals surface area (Å²) in [7, 11) is 8.42. The van der Waals surface area contributed by atoms with Gasteiger partial charge >= 0.3 is 0 Å². The Morgan fingerprint density at radius 2 is 0.560 bits per heavy atom. The average molecular weight is 1760 g/mol. The molecule has 5 aliphatic carbocycles. The van der Waals surface area contributed by atoms with Crippen molar-refractivity contribution in [3.05, 3.63) is 358 Å². The molecule has 0 N–H and O–H groups in total. The Kier molecular flexibility index (Phi) is 20.9. The van der Waals surface area contributed by atoms with Crippen LogP contribution >= 0.6 is 0 Å². The second-order valence-electron chi connectivity index (χ2n) is 41.8. The molecule has 0 radical (unpaired) electrons. The Morgan fingerprint density at radius 3 is 0.963 bits per heavy atom. The Bertz CT molecular complexity index is 8160. The minimum Gasteiger partial charge on any atom is -0.455 e. The molecule has 0 saturated heterocycles. The van der Waals surface area contributed by atoms with Gasteiger partial charge in [-0.1, -0.05) is 252 Å². The Labute approximate surface area is 788 Å². The van der Waals surface area contributed by atoms with E-state index in [1.807, 2.05) is 0 Å². The van der Waals surface area contributed by atoms with E-state index in [9.17, 15) is 0 Å². The molecule has 1 fully saturated rings. The molecule has 8 nitrogen and oxygen atoms in total. The largest absolute Gasteiger partial charge is 0.455 e. The van der Waals surface area contributed by atoms with E-state index in [2.05, 4.69) is 435 Å². The van der Waals surface area contributed by atoms with Crippen LogP contribution in [0.15, 0.2) is 309 Å². The predicted octanol–water partition coefficient (Wildman–Crippen LogP) is 31.4. The number of hydrogen-bond acceptors (Lipinski definition) is 4. The minimum absolute atomic E-state index is 0.0108. The lowest BCUT2D eigenvalue weighted by Gasteiger charge is -2.36. The number of nitrogens with zero attached hydrogens (tertiary/aromatic N) is 4. The van der Waals surface area contributed by atoms with E-state index in [0.29, 0.717) is 23.7 Å². The zero-order valence-corrected chi connectivity index (χ0v) is 81.1. The van der Waals surface area contributed by atoms with Crippen LogP contribution in [0.4, 0.5) is 0 Å². The van der Waals surface area contributed by atoms with Crippen molar-refractivity contribution in [1.29, 1.82) is 0 Å². The molecule has 666 valence electrons. The fourth-order valence-corrected chi connectivity index (χ4v) is 26.0. The molecule has 8 heterocycles. The van der Waals surface area contributed by atoms with Gasteiger partial charge in [-0.15, -0.1) is 0 Å². The maximum absolute atomic E-state index is 6.79. The molecule has 20 aromatic rings. The predicted molar refractivity (Wildman–Crippen MR) is 553 cm³/mol. The number of fused-ring (bicyclic) bond motifs is 30. The van der Waals surface area contributed by atoms with Crippen LogP contribution in [0.1, 0.15) is 187 Å². The number of benzene rings is 12. The van der Waals surface area contributed by atoms with Crippen LogP contribution in [0.2, 0.25) is 0 Å². The Hall–Kier alpha value is -13.6. The molecule has 0 unspecified atom stereocenters. The van der Waals surface area contributed by atoms with Crippen molar-refractivity contribution < 1.29 is 35.9 Å². The monoisotopic (exact) mass is 1750 g/mol. The summed E-state index contributed by atoms with van der Waals surface area (Å²) in [6.45, 7) is 32.3. The van der Waals surface area contributed by atoms with Gasteiger partial charge in [-0.3, -0.25) is 0 Å². The quantitative estimate of drug-likeness (QED) is 0.114. The highest BCUT2D eigenvalue weighted by Gasteiger charge is 2.50. The summed E-state index contributed by atoms with van der Waals surface area (Å²) in [6.07, 6.45) is 18.0. The molecule has 134 heavy (non-hydrogen) atoms. The van der Waals surface area contributed by atoms with Gasteiger partial charge in [-0.2, -0.15) is 0 Å². The van der Waals surface area contributed by atoms with E-state index in [4.69, 9.17) is 17.7 Å². The highest BCUT2D eigenvalue weighted by Crippen LogP contribution is 2.64. The molecular formula is C126H122N4O4+4. The summed E-state index contributed by atoms with van der Waals surface area (Å²) in [5.74, 6) is 2.37. The molecule has 0 atom stereocenters. The third-order valence-electron chi connectivity index (χ3n) is 31.0. The molecule has 0 amide bonds. The van der Waals surface area contributed by atoms with E-state index in [1.54, 1.807) is 0 Å². The van der Waals surface area contributed by atoms with Gasteiger partial charge in [0.25, 0.3) is 0 Å². The van der Waals surface area contributed by atoms with Gasteiger partial charge in [0, 0.05) is 113 Å². The molecule has 1 spiro atoms. The minimum atomic E-state index is -0.0208. The highest BCUT2D eigenvalue weighted by molar-refractivity contribution is 6.21. The molecule has 8 heteroatoms. The van der Waals surface area contributed by atoms with Crippen LogP contribution in [-0.4, -0.2) is 0 Å². The maximum Gasteiger partial charge on any atom is 0.216 e.